The van der Waals surface area contributed by atoms with Gasteiger partial charge < -0.3 is 73.6 Å². The fourth-order valence-corrected chi connectivity index (χ4v) is 14.1. The minimum absolute atomic E-state index is 0.0389. The molecule has 0 aliphatic rings. The molecular weight excluding hydrogens is 1430 g/mol. The number of nitrogens with one attached hydrogen (secondary N) is 4. The highest BCUT2D eigenvalue weighted by Gasteiger charge is 2.28. The Labute approximate surface area is 658 Å². The summed E-state index contributed by atoms with van der Waals surface area (Å²) in [4.78, 5) is 80.6. The lowest BCUT2D eigenvalue weighted by Crippen LogP contribution is -2.43. The molecule has 0 aliphatic carbocycles. The Morgan fingerprint density at radius 3 is 1.06 bits per heavy atom. The number of aliphatic hydroxyl groups excluding tert-OH is 2. The Morgan fingerprint density at radius 2 is 0.716 bits per heavy atom. The van der Waals surface area contributed by atoms with Crippen molar-refractivity contribution in [2.45, 2.75) is 361 Å². The number of ether oxygens (including phenoxy) is 4. The second-order valence-electron chi connectivity index (χ2n) is 29.5. The van der Waals surface area contributed by atoms with Gasteiger partial charge in [-0.2, -0.15) is 0 Å². The van der Waals surface area contributed by atoms with E-state index in [9.17, 15) is 53.2 Å². The average molecular weight is 1580 g/mol. The van der Waals surface area contributed by atoms with E-state index in [1.165, 1.54) is 57.9 Å². The number of carbonyl (C=O) groups is 6. The predicted molar refractivity (Wildman–Crippen MR) is 436 cm³/mol. The summed E-state index contributed by atoms with van der Waals surface area (Å²) >= 11 is 0. The van der Waals surface area contributed by atoms with Crippen LogP contribution in [0.4, 0.5) is 0 Å². The molecule has 0 heterocycles. The summed E-state index contributed by atoms with van der Waals surface area (Å²) in [5, 5.41) is 43.1. The van der Waals surface area contributed by atoms with E-state index in [2.05, 4.69) is 87.1 Å². The van der Waals surface area contributed by atoms with Gasteiger partial charge in [-0.05, 0) is 121 Å². The summed E-state index contributed by atoms with van der Waals surface area (Å²) < 4.78 is 74.1. The van der Waals surface area contributed by atoms with E-state index in [4.69, 9.17) is 37.0 Å². The number of carbonyl (C=O) groups excluding carboxylic acids is 6. The second kappa shape index (κ2) is 69.0. The van der Waals surface area contributed by atoms with Crippen LogP contribution in [0.15, 0.2) is 42.5 Å². The van der Waals surface area contributed by atoms with E-state index in [1.54, 1.807) is 0 Å². The number of hydrogen-bond acceptors (Lipinski definition) is 19. The molecule has 6 unspecified atom stereocenters. The van der Waals surface area contributed by atoms with Gasteiger partial charge in [0, 0.05) is 63.6 Å². The largest absolute Gasteiger partial charge is 0.508 e. The zero-order valence-corrected chi connectivity index (χ0v) is 70.7. The van der Waals surface area contributed by atoms with Crippen molar-refractivity contribution < 1.29 is 90.3 Å². The normalized spacial score (nSPS) is 14.5. The van der Waals surface area contributed by atoms with Crippen LogP contribution in [0.1, 0.15) is 345 Å². The van der Waals surface area contributed by atoms with Crippen molar-refractivity contribution in [1.82, 2.24) is 21.3 Å². The number of esters is 2. The number of benzene rings is 1. The van der Waals surface area contributed by atoms with Gasteiger partial charge in [0.2, 0.25) is 11.8 Å². The van der Waals surface area contributed by atoms with Gasteiger partial charge in [0.1, 0.15) is 18.0 Å². The number of allylic oxidation sites excluding steroid dienone is 4. The smallest absolute Gasteiger partial charge is 0.327 e. The Bertz CT molecular complexity index is 2480. The molecule has 0 saturated heterocycles. The summed E-state index contributed by atoms with van der Waals surface area (Å²) in [5.74, 6) is -3.28. The van der Waals surface area contributed by atoms with Crippen LogP contribution < -0.4 is 21.3 Å². The molecule has 109 heavy (non-hydrogen) atoms. The lowest BCUT2D eigenvalue weighted by atomic mass is 10.1. The topological polar surface area (TPSA) is 319 Å². The highest BCUT2D eigenvalue weighted by Crippen LogP contribution is 2.44. The molecule has 0 bridgehead atoms. The van der Waals surface area contributed by atoms with Gasteiger partial charge >= 0.3 is 27.1 Å². The van der Waals surface area contributed by atoms with Gasteiger partial charge in [0.25, 0.3) is 11.8 Å². The Morgan fingerprint density at radius 1 is 0.394 bits per heavy atom. The van der Waals surface area contributed by atoms with Gasteiger partial charge in [-0.1, -0.05) is 220 Å². The summed E-state index contributed by atoms with van der Waals surface area (Å²) in [6.45, 7) is 14.4. The van der Waals surface area contributed by atoms with Crippen molar-refractivity contribution in [1.29, 1.82) is 0 Å². The number of phenolic OH excluding ortho intramolecular Hbond substituents is 1. The molecule has 0 aromatic heterocycles. The first-order valence-electron chi connectivity index (χ1n) is 42.5. The first-order valence-corrected chi connectivity index (χ1v) is 46.5. The lowest BCUT2D eigenvalue weighted by Gasteiger charge is -2.23. The van der Waals surface area contributed by atoms with Gasteiger partial charge in [-0.3, -0.25) is 37.9 Å². The van der Waals surface area contributed by atoms with Crippen LogP contribution in [-0.4, -0.2) is 167 Å². The van der Waals surface area contributed by atoms with Crippen LogP contribution in [0.3, 0.4) is 0 Å². The Hall–Kier alpha value is -4.54. The van der Waals surface area contributed by atoms with E-state index < -0.39 is 75.3 Å². The average Bonchev–Trinajstić information content (AvgIpc) is 0.848. The molecule has 1 aromatic carbocycles. The third kappa shape index (κ3) is 61.6. The molecule has 0 radical (unpaired) electrons. The van der Waals surface area contributed by atoms with Crippen LogP contribution in [0.2, 0.25) is 0 Å². The van der Waals surface area contributed by atoms with Gasteiger partial charge in [-0.25, -0.2) is 0 Å². The maximum atomic E-state index is 13.8. The summed E-state index contributed by atoms with van der Waals surface area (Å²) in [6, 6.07) is 1.98. The number of aromatic hydroxyl groups is 1. The Kier molecular flexibility index (Phi) is 64.9. The third-order valence-corrected chi connectivity index (χ3v) is 21.2. The Balaban J connectivity index is 3.03. The molecule has 632 valence electrons. The first kappa shape index (κ1) is 102. The van der Waals surface area contributed by atoms with Crippen molar-refractivity contribution in [3.05, 3.63) is 53.6 Å². The van der Waals surface area contributed by atoms with Gasteiger partial charge in [-0.15, -0.1) is 0 Å². The number of unbranched alkanes of at least 4 members (excludes halogenated alkanes) is 26. The SMILES string of the molecule is CCCCCC/C=C\CCCC(=O)O[C@H](CCCCCCC)CC(=O)NC(COCCC(O)CCCCCCC)COP(C)(=O)OCCNC(=O)c1cc(O)cc(C(=O)NCCOP(C)(=O)OCC(COCCC(O)CCCCCCC)NC(=O)C[C@@H](CCCCCCC)OC(=O)CCC/C=C\CCCCCC)c1. The van der Waals surface area contributed by atoms with Crippen molar-refractivity contribution in [3.63, 3.8) is 0 Å². The van der Waals surface area contributed by atoms with Gasteiger partial charge in [0.05, 0.1) is 76.8 Å². The number of phenols is 1. The molecule has 0 saturated carbocycles. The van der Waals surface area contributed by atoms with Crippen molar-refractivity contribution in [3.8, 4) is 5.75 Å². The molecule has 0 aliphatic heterocycles. The molecule has 23 nitrogen and oxygen atoms in total. The molecule has 1 aromatic rings. The molecule has 0 spiro atoms. The quantitative estimate of drug-likeness (QED) is 0.0138. The fraction of sp³-hybridized carbons (Fsp3) is 0.810. The van der Waals surface area contributed by atoms with Crippen molar-refractivity contribution in [2.75, 3.05) is 79.3 Å². The molecule has 4 amide bonds. The van der Waals surface area contributed by atoms with E-state index in [0.717, 1.165) is 179 Å². The standard InChI is InChI=1S/C84H152N4O19P2/c1-9-15-21-27-29-31-33-39-45-51-81(94)106-77(49-43-37-25-19-13-5)64-79(92)87-72(66-100-57-53-74(89)47-41-35-23-17-11-3)68-104-108(7,98)102-59-55-85-83(96)70-61-71(63-76(91)62-70)84(97)86-56-60-103-109(8,99)105-69-73(67-101-58-54-75(90)48-42-36-24-18-12-4)88-80(93)65-78(50-44-38-26-20-14-6)107-82(95)52-46-40-34-32-30-28-22-16-10-2/h31-34,61-63,72-75,77-78,89-91H,9-30,35-60,64-69H2,1-8H3,(H,85,96)(H,86,97)(H,87,92)(H,88,93)/b33-31-,34-32-/t72?,73?,74?,75?,77-,78-,108?,109?/m1/s1. The summed E-state index contributed by atoms with van der Waals surface area (Å²) in [6.07, 6.45) is 44.6. The highest BCUT2D eigenvalue weighted by molar-refractivity contribution is 7.53. The third-order valence-electron chi connectivity index (χ3n) is 18.7. The number of rotatable bonds is 76. The van der Waals surface area contributed by atoms with E-state index >= 15 is 0 Å². The lowest BCUT2D eigenvalue weighted by molar-refractivity contribution is -0.152. The molecule has 8 atom stereocenters. The molecule has 1 rings (SSSR count). The zero-order chi connectivity index (χ0) is 80.3. The molecule has 25 heteroatoms. The minimum Gasteiger partial charge on any atom is -0.508 e. The first-order chi connectivity index (χ1) is 52.6. The minimum atomic E-state index is -3.84. The van der Waals surface area contributed by atoms with Crippen LogP contribution in [0, 0.1) is 0 Å². The monoisotopic (exact) mass is 1580 g/mol. The maximum Gasteiger partial charge on any atom is 0.327 e. The van der Waals surface area contributed by atoms with Crippen LogP contribution in [-0.2, 0) is 65.4 Å². The molecule has 0 fully saturated rings. The molecule has 7 N–H and O–H groups in total. The highest BCUT2D eigenvalue weighted by atomic mass is 31.2. The van der Waals surface area contributed by atoms with E-state index in [-0.39, 0.29) is 120 Å². The van der Waals surface area contributed by atoms with E-state index in [1.807, 2.05) is 0 Å². The van der Waals surface area contributed by atoms with Crippen molar-refractivity contribution in [2.24, 2.45) is 0 Å². The fourth-order valence-electron chi connectivity index (χ4n) is 12.2. The number of aliphatic hydroxyl groups is 2. The van der Waals surface area contributed by atoms with Crippen molar-refractivity contribution >= 4 is 50.8 Å². The van der Waals surface area contributed by atoms with E-state index in [0.29, 0.717) is 51.4 Å². The number of hydrogen-bond donors (Lipinski definition) is 7. The molecular formula is C84H152N4O19P2. The number of amides is 4. The summed E-state index contributed by atoms with van der Waals surface area (Å²) in [7, 11) is -7.67. The van der Waals surface area contributed by atoms with Crippen LogP contribution >= 0.6 is 15.2 Å². The van der Waals surface area contributed by atoms with Crippen LogP contribution in [0.25, 0.3) is 0 Å². The summed E-state index contributed by atoms with van der Waals surface area (Å²) in [5.41, 5.74) is -0.153. The predicted octanol–water partition coefficient (Wildman–Crippen LogP) is 18.5. The maximum absolute atomic E-state index is 13.8. The second-order valence-corrected chi connectivity index (χ2v) is 33.6. The van der Waals surface area contributed by atoms with Gasteiger partial charge in [0.15, 0.2) is 0 Å². The zero-order valence-electron chi connectivity index (χ0n) is 69.0. The van der Waals surface area contributed by atoms with Crippen LogP contribution in [0.5, 0.6) is 5.75 Å².